The zero-order valence-electron chi connectivity index (χ0n) is 22.6. The molecule has 2 aliphatic carbocycles. The first-order valence-corrected chi connectivity index (χ1v) is 14.6. The normalized spacial score (nSPS) is 25.6. The van der Waals surface area contributed by atoms with Crippen molar-refractivity contribution in [3.63, 3.8) is 0 Å². The number of hydrogen-bond donors (Lipinski definition) is 3. The fraction of sp³-hybridized carbons (Fsp3) is 0.607. The topological polar surface area (TPSA) is 142 Å². The largest absolute Gasteiger partial charge is 0.466 e. The van der Waals surface area contributed by atoms with Crippen LogP contribution in [0.2, 0.25) is 0 Å². The number of benzene rings is 1. The predicted molar refractivity (Wildman–Crippen MR) is 152 cm³/mol. The highest BCUT2D eigenvalue weighted by atomic mass is 35.5. The Kier molecular flexibility index (Phi) is 12.8. The summed E-state index contributed by atoms with van der Waals surface area (Å²) in [6, 6.07) is 8.36. The molecule has 0 saturated heterocycles. The summed E-state index contributed by atoms with van der Waals surface area (Å²) >= 11 is 12.7. The first kappa shape index (κ1) is 31.5. The van der Waals surface area contributed by atoms with Crippen molar-refractivity contribution in [3.05, 3.63) is 30.3 Å². The predicted octanol–water partition coefficient (Wildman–Crippen LogP) is 3.62. The van der Waals surface area contributed by atoms with Crippen LogP contribution in [-0.4, -0.2) is 59.8 Å². The maximum Gasteiger partial charge on any atom is 0.307 e. The molecular formula is C28H37Cl2N5O5. The highest BCUT2D eigenvalue weighted by molar-refractivity contribution is 6.23. The zero-order chi connectivity index (χ0) is 28.9. The van der Waals surface area contributed by atoms with Crippen molar-refractivity contribution in [2.75, 3.05) is 13.2 Å². The van der Waals surface area contributed by atoms with E-state index in [0.29, 0.717) is 37.9 Å². The van der Waals surface area contributed by atoms with E-state index in [1.165, 1.54) is 0 Å². The van der Waals surface area contributed by atoms with Crippen LogP contribution in [0.25, 0.3) is 0 Å². The van der Waals surface area contributed by atoms with E-state index in [-0.39, 0.29) is 60.1 Å². The Labute approximate surface area is 245 Å². The zero-order valence-corrected chi connectivity index (χ0v) is 24.1. The van der Waals surface area contributed by atoms with Crippen LogP contribution in [0, 0.1) is 23.3 Å². The number of ether oxygens (including phenoxy) is 2. The van der Waals surface area contributed by atoms with E-state index in [9.17, 15) is 14.4 Å². The average molecular weight is 595 g/mol. The molecule has 0 bridgehead atoms. The number of amides is 2. The van der Waals surface area contributed by atoms with E-state index in [1.54, 1.807) is 19.1 Å². The number of nitriles is 1. The summed E-state index contributed by atoms with van der Waals surface area (Å²) in [6.45, 7) is 1.75. The molecule has 1 aromatic carbocycles. The number of hydrogen-bond acceptors (Lipinski definition) is 7. The van der Waals surface area contributed by atoms with Crippen LogP contribution < -0.4 is 20.7 Å². The lowest BCUT2D eigenvalue weighted by molar-refractivity contribution is -0.144. The van der Waals surface area contributed by atoms with Crippen LogP contribution in [-0.2, 0) is 19.1 Å². The van der Waals surface area contributed by atoms with Crippen LogP contribution in [0.4, 0.5) is 0 Å². The van der Waals surface area contributed by atoms with Gasteiger partial charge in [-0.3, -0.25) is 14.4 Å². The number of nitrogens with one attached hydrogen (secondary N) is 3. The molecule has 0 aliphatic heterocycles. The summed E-state index contributed by atoms with van der Waals surface area (Å²) in [5.74, 6) is -0.914. The van der Waals surface area contributed by atoms with E-state index >= 15 is 0 Å². The molecule has 2 saturated carbocycles. The lowest BCUT2D eigenvalue weighted by atomic mass is 9.82. The van der Waals surface area contributed by atoms with E-state index in [1.807, 2.05) is 24.4 Å². The van der Waals surface area contributed by atoms with E-state index in [2.05, 4.69) is 20.9 Å². The van der Waals surface area contributed by atoms with Gasteiger partial charge in [-0.05, 0) is 63.5 Å². The number of rotatable bonds is 10. The number of para-hydroxylation sites is 1. The van der Waals surface area contributed by atoms with Gasteiger partial charge in [-0.1, -0.05) is 24.6 Å². The number of esters is 1. The summed E-state index contributed by atoms with van der Waals surface area (Å²) in [6.07, 6.45) is 6.42. The van der Waals surface area contributed by atoms with Crippen LogP contribution in [0.1, 0.15) is 58.3 Å². The molecule has 2 fully saturated rings. The van der Waals surface area contributed by atoms with E-state index in [4.69, 9.17) is 37.9 Å². The minimum atomic E-state index is -0.490. The van der Waals surface area contributed by atoms with Crippen LogP contribution >= 0.6 is 23.2 Å². The van der Waals surface area contributed by atoms with Crippen molar-refractivity contribution < 1.29 is 23.9 Å². The molecule has 5 unspecified atom stereocenters. The number of carbonyl (C=O) groups is 3. The molecule has 1 aromatic rings. The standard InChI is InChI=1S/C28H37Cl2N5O5/c1-2-39-26(37)15-24(19-11-20(29)14-21(30)12-19)35-25(36)16-32-27(38)18-7-6-8-22(13-18)34-28(33-17-31)40-23-9-4-3-5-10-23/h3-5,9-10,18-22,24H,2,6-8,11-16H2,1H3,(H,32,38)(H,33,34)(H,35,36). The molecule has 2 amide bonds. The van der Waals surface area contributed by atoms with E-state index < -0.39 is 17.9 Å². The van der Waals surface area contributed by atoms with Crippen molar-refractivity contribution in [1.82, 2.24) is 16.0 Å². The Hall–Kier alpha value is -3.03. The molecule has 10 nitrogen and oxygen atoms in total. The fourth-order valence-corrected chi connectivity index (χ4v) is 6.25. The molecule has 40 heavy (non-hydrogen) atoms. The third kappa shape index (κ3) is 10.5. The maximum absolute atomic E-state index is 12.9. The summed E-state index contributed by atoms with van der Waals surface area (Å²) < 4.78 is 10.8. The molecule has 2 aliphatic rings. The number of amidine groups is 1. The quantitative estimate of drug-likeness (QED) is 0.0938. The molecule has 0 aromatic heterocycles. The van der Waals surface area contributed by atoms with Gasteiger partial charge in [0.25, 0.3) is 0 Å². The van der Waals surface area contributed by atoms with Crippen molar-refractivity contribution >= 4 is 47.0 Å². The smallest absolute Gasteiger partial charge is 0.307 e. The van der Waals surface area contributed by atoms with Gasteiger partial charge in [-0.15, -0.1) is 23.2 Å². The third-order valence-electron chi connectivity index (χ3n) is 7.10. The lowest BCUT2D eigenvalue weighted by Crippen LogP contribution is -2.49. The SMILES string of the molecule is CCOC(=O)CC(NC(=O)CNC(=O)C1CCCC(N=C(NC#N)Oc2ccccc2)C1)C1CC(Cl)CC(Cl)C1. The second-order valence-corrected chi connectivity index (χ2v) is 11.4. The van der Waals surface area contributed by atoms with Gasteiger partial charge in [0.1, 0.15) is 5.75 Å². The number of nitrogens with zero attached hydrogens (tertiary/aromatic N) is 2. The van der Waals surface area contributed by atoms with Gasteiger partial charge in [0, 0.05) is 22.7 Å². The summed E-state index contributed by atoms with van der Waals surface area (Å²) in [5, 5.41) is 16.9. The van der Waals surface area contributed by atoms with Crippen molar-refractivity contribution in [3.8, 4) is 11.9 Å². The van der Waals surface area contributed by atoms with Gasteiger partial charge in [0.05, 0.1) is 25.6 Å². The number of carbonyl (C=O) groups excluding carboxylic acids is 3. The maximum atomic E-state index is 12.9. The first-order chi connectivity index (χ1) is 19.3. The van der Waals surface area contributed by atoms with Gasteiger partial charge in [0.15, 0.2) is 6.19 Å². The molecule has 3 N–H and O–H groups in total. The molecule has 12 heteroatoms. The number of aliphatic imine (C=N–C) groups is 1. The minimum absolute atomic E-state index is 0.0117. The van der Waals surface area contributed by atoms with Crippen molar-refractivity contribution in [1.29, 1.82) is 5.26 Å². The highest BCUT2D eigenvalue weighted by Gasteiger charge is 2.34. The van der Waals surface area contributed by atoms with Gasteiger partial charge in [-0.25, -0.2) is 10.3 Å². The van der Waals surface area contributed by atoms with Crippen LogP contribution in [0.3, 0.4) is 0 Å². The Bertz CT molecular complexity index is 1060. The van der Waals surface area contributed by atoms with Gasteiger partial charge in [-0.2, -0.15) is 5.26 Å². The minimum Gasteiger partial charge on any atom is -0.466 e. The Morgan fingerprint density at radius 3 is 2.50 bits per heavy atom. The summed E-state index contributed by atoms with van der Waals surface area (Å²) in [7, 11) is 0. The first-order valence-electron chi connectivity index (χ1n) is 13.7. The van der Waals surface area contributed by atoms with E-state index in [0.717, 1.165) is 12.8 Å². The molecule has 218 valence electrons. The van der Waals surface area contributed by atoms with Crippen LogP contribution in [0.5, 0.6) is 5.75 Å². The second kappa shape index (κ2) is 16.3. The summed E-state index contributed by atoms with van der Waals surface area (Å²) in [4.78, 5) is 42.5. The van der Waals surface area contributed by atoms with Gasteiger partial charge in [0.2, 0.25) is 11.8 Å². The molecular weight excluding hydrogens is 557 g/mol. The summed E-state index contributed by atoms with van der Waals surface area (Å²) in [5.41, 5.74) is 0. The van der Waals surface area contributed by atoms with Crippen molar-refractivity contribution in [2.24, 2.45) is 16.8 Å². The van der Waals surface area contributed by atoms with Crippen LogP contribution in [0.15, 0.2) is 35.3 Å². The monoisotopic (exact) mass is 593 g/mol. The lowest BCUT2D eigenvalue weighted by Gasteiger charge is -2.34. The second-order valence-electron chi connectivity index (χ2n) is 10.2. The fourth-order valence-electron chi connectivity index (χ4n) is 5.27. The number of halogens is 2. The number of alkyl halides is 2. The molecule has 0 heterocycles. The molecule has 0 radical (unpaired) electrons. The van der Waals surface area contributed by atoms with Crippen molar-refractivity contribution in [2.45, 2.75) is 81.1 Å². The van der Waals surface area contributed by atoms with Gasteiger partial charge < -0.3 is 20.1 Å². The molecule has 0 spiro atoms. The molecule has 5 atom stereocenters. The third-order valence-corrected chi connectivity index (χ3v) is 7.81. The Balaban J connectivity index is 1.54. The van der Waals surface area contributed by atoms with Gasteiger partial charge >= 0.3 is 12.0 Å². The Morgan fingerprint density at radius 2 is 1.82 bits per heavy atom. The average Bonchev–Trinajstić information content (AvgIpc) is 2.92. The highest BCUT2D eigenvalue weighted by Crippen LogP contribution is 2.34. The Morgan fingerprint density at radius 1 is 1.10 bits per heavy atom. The molecule has 3 rings (SSSR count).